The number of hydrogen-bond acceptors (Lipinski definition) is 2. The third kappa shape index (κ3) is 1.98. The van der Waals surface area contributed by atoms with Crippen LogP contribution in [0, 0.1) is 12.4 Å². The van der Waals surface area contributed by atoms with E-state index < -0.39 is 57.8 Å². The van der Waals surface area contributed by atoms with Gasteiger partial charge in [-0.3, -0.25) is 0 Å². The summed E-state index contributed by atoms with van der Waals surface area (Å²) in [4.78, 5) is 3.03. The third-order valence-electron chi connectivity index (χ3n) is 5.38. The lowest BCUT2D eigenvalue weighted by Crippen LogP contribution is -2.54. The number of halogens is 6. The second kappa shape index (κ2) is 5.41. The summed E-state index contributed by atoms with van der Waals surface area (Å²) in [7, 11) is 0. The Morgan fingerprint density at radius 3 is 2.46 bits per heavy atom. The number of hydrogen-bond donors (Lipinski definition) is 1. The fraction of sp³-hybridized carbons (Fsp3) is 0.316. The van der Waals surface area contributed by atoms with Crippen molar-refractivity contribution in [3.63, 3.8) is 0 Å². The van der Waals surface area contributed by atoms with E-state index in [1.54, 1.807) is 0 Å². The van der Waals surface area contributed by atoms with Crippen LogP contribution in [0.15, 0.2) is 30.3 Å². The number of ether oxygens (including phenoxy) is 1. The van der Waals surface area contributed by atoms with E-state index in [0.717, 1.165) is 24.3 Å². The highest BCUT2D eigenvalue weighted by Crippen LogP contribution is 2.68. The molecule has 2 aliphatic rings. The molecule has 0 spiro atoms. The van der Waals surface area contributed by atoms with Crippen LogP contribution in [0.2, 0.25) is 0 Å². The molecule has 2 aromatic carbocycles. The predicted octanol–water partition coefficient (Wildman–Crippen LogP) is 5.55. The van der Waals surface area contributed by atoms with Gasteiger partial charge in [0.1, 0.15) is 17.3 Å². The first-order chi connectivity index (χ1) is 13.0. The molecule has 28 heavy (non-hydrogen) atoms. The Hall–Kier alpha value is -2.73. The van der Waals surface area contributed by atoms with Gasteiger partial charge in [0.15, 0.2) is 23.6 Å². The summed E-state index contributed by atoms with van der Waals surface area (Å²) in [6.07, 6.45) is -5.64. The Balaban J connectivity index is 1.92. The topological polar surface area (TPSA) is 33.8 Å². The van der Waals surface area contributed by atoms with Crippen LogP contribution in [0.3, 0.4) is 0 Å². The maximum Gasteiger partial charge on any atom is 0.309 e. The summed E-state index contributed by atoms with van der Waals surface area (Å²) in [6, 6.07) is 4.45. The Kier molecular flexibility index (Phi) is 3.60. The van der Waals surface area contributed by atoms with Gasteiger partial charge in [0.25, 0.3) is 0 Å². The first-order valence-corrected chi connectivity index (χ1v) is 8.07. The number of aliphatic hydroxyl groups is 1. The lowest BCUT2D eigenvalue weighted by atomic mass is 9.84. The van der Waals surface area contributed by atoms with Crippen molar-refractivity contribution in [2.45, 2.75) is 36.5 Å². The van der Waals surface area contributed by atoms with E-state index in [0.29, 0.717) is 13.0 Å². The zero-order valence-electron chi connectivity index (χ0n) is 14.1. The lowest BCUT2D eigenvalue weighted by molar-refractivity contribution is -0.233. The molecular weight excluding hydrogens is 388 g/mol. The second-order valence-electron chi connectivity index (χ2n) is 6.91. The number of nitrogens with zero attached hydrogens (tertiary/aromatic N) is 1. The van der Waals surface area contributed by atoms with Crippen LogP contribution in [0.25, 0.3) is 4.85 Å². The Bertz CT molecular complexity index is 1050. The molecule has 0 saturated heterocycles. The van der Waals surface area contributed by atoms with Crippen LogP contribution in [0.4, 0.5) is 32.0 Å². The fourth-order valence-corrected chi connectivity index (χ4v) is 3.92. The first-order valence-electron chi connectivity index (χ1n) is 8.07. The molecule has 1 N–H and O–H groups in total. The minimum atomic E-state index is -4.27. The van der Waals surface area contributed by atoms with Crippen molar-refractivity contribution in [2.24, 2.45) is 0 Å². The molecule has 9 heteroatoms. The molecule has 4 rings (SSSR count). The SMILES string of the molecule is [C-]#[N+]c1cc(F)cc(Oc2ccc3c4c2[C@@H](F)[C@@H](F)[C@]4(O)C(C)(F)C3(F)F)c1. The third-order valence-corrected chi connectivity index (χ3v) is 5.38. The monoisotopic (exact) mass is 399 g/mol. The molecule has 0 amide bonds. The van der Waals surface area contributed by atoms with Crippen LogP contribution in [-0.2, 0) is 11.5 Å². The molecule has 2 aliphatic carbocycles. The molecule has 0 heterocycles. The Morgan fingerprint density at radius 2 is 1.82 bits per heavy atom. The summed E-state index contributed by atoms with van der Waals surface area (Å²) in [5, 5.41) is 10.5. The number of rotatable bonds is 2. The molecule has 0 saturated carbocycles. The molecule has 0 aliphatic heterocycles. The van der Waals surface area contributed by atoms with Gasteiger partial charge in [0.05, 0.1) is 6.57 Å². The molecule has 1 unspecified atom stereocenters. The molecule has 3 nitrogen and oxygen atoms in total. The van der Waals surface area contributed by atoms with Gasteiger partial charge in [-0.05, 0) is 31.2 Å². The van der Waals surface area contributed by atoms with E-state index in [-0.39, 0.29) is 11.4 Å². The summed E-state index contributed by atoms with van der Waals surface area (Å²) >= 11 is 0. The molecule has 4 atom stereocenters. The van der Waals surface area contributed by atoms with Crippen molar-refractivity contribution in [1.82, 2.24) is 0 Å². The van der Waals surface area contributed by atoms with Crippen LogP contribution < -0.4 is 4.74 Å². The van der Waals surface area contributed by atoms with E-state index in [2.05, 4.69) is 4.85 Å². The largest absolute Gasteiger partial charge is 0.458 e. The number of alkyl halides is 5. The molecule has 146 valence electrons. The zero-order chi connectivity index (χ0) is 20.6. The summed E-state index contributed by atoms with van der Waals surface area (Å²) in [5.41, 5.74) is -10.1. The lowest BCUT2D eigenvalue weighted by Gasteiger charge is -2.35. The van der Waals surface area contributed by atoms with Crippen LogP contribution in [0.5, 0.6) is 11.5 Å². The molecule has 0 bridgehead atoms. The zero-order valence-corrected chi connectivity index (χ0v) is 14.1. The van der Waals surface area contributed by atoms with Crippen molar-refractivity contribution in [3.05, 3.63) is 64.3 Å². The van der Waals surface area contributed by atoms with Gasteiger partial charge in [0, 0.05) is 22.8 Å². The highest BCUT2D eigenvalue weighted by Gasteiger charge is 2.79. The minimum Gasteiger partial charge on any atom is -0.458 e. The molecule has 0 aromatic heterocycles. The van der Waals surface area contributed by atoms with Gasteiger partial charge in [0.2, 0.25) is 5.67 Å². The van der Waals surface area contributed by atoms with E-state index in [4.69, 9.17) is 11.3 Å². The Labute approximate surface area is 155 Å². The summed E-state index contributed by atoms with van der Waals surface area (Å²) in [6.45, 7) is 7.22. The second-order valence-corrected chi connectivity index (χ2v) is 6.91. The van der Waals surface area contributed by atoms with Gasteiger partial charge in [-0.2, -0.15) is 8.78 Å². The number of benzene rings is 2. The van der Waals surface area contributed by atoms with Gasteiger partial charge in [-0.25, -0.2) is 22.4 Å². The molecule has 0 radical (unpaired) electrons. The predicted molar refractivity (Wildman–Crippen MR) is 85.2 cm³/mol. The maximum absolute atomic E-state index is 14.9. The fourth-order valence-electron chi connectivity index (χ4n) is 3.92. The van der Waals surface area contributed by atoms with E-state index in [9.17, 15) is 31.4 Å². The normalized spacial score (nSPS) is 32.1. The minimum absolute atomic E-state index is 0.146. The standard InChI is InChI=1S/C19H11F6NO2/c1-17(23)18(27)14-11(19(17,24)25)3-4-12(13(14)15(21)16(18)22)28-10-6-8(20)5-9(7-10)26-2/h3-7,15-16,27H,1H3/t15-,16-,17?,18+/m1/s1. The van der Waals surface area contributed by atoms with Crippen molar-refractivity contribution in [1.29, 1.82) is 0 Å². The highest BCUT2D eigenvalue weighted by molar-refractivity contribution is 5.62. The maximum atomic E-state index is 14.9. The van der Waals surface area contributed by atoms with Crippen molar-refractivity contribution in [3.8, 4) is 11.5 Å². The van der Waals surface area contributed by atoms with Crippen molar-refractivity contribution < 1.29 is 36.2 Å². The van der Waals surface area contributed by atoms with E-state index >= 15 is 0 Å². The van der Waals surface area contributed by atoms with Gasteiger partial charge in [-0.1, -0.05) is 0 Å². The summed E-state index contributed by atoms with van der Waals surface area (Å²) < 4.78 is 92.0. The van der Waals surface area contributed by atoms with Crippen LogP contribution >= 0.6 is 0 Å². The van der Waals surface area contributed by atoms with Crippen LogP contribution in [0.1, 0.15) is 29.8 Å². The van der Waals surface area contributed by atoms with E-state index in [1.165, 1.54) is 0 Å². The molecule has 2 aromatic rings. The van der Waals surface area contributed by atoms with E-state index in [1.807, 2.05) is 0 Å². The average molecular weight is 399 g/mol. The van der Waals surface area contributed by atoms with Crippen LogP contribution in [-0.4, -0.2) is 16.9 Å². The molecular formula is C19H11F6NO2. The Morgan fingerprint density at radius 1 is 1.14 bits per heavy atom. The quantitative estimate of drug-likeness (QED) is 0.531. The summed E-state index contributed by atoms with van der Waals surface area (Å²) in [5.74, 6) is -5.88. The highest BCUT2D eigenvalue weighted by atomic mass is 19.3. The van der Waals surface area contributed by atoms with Crippen molar-refractivity contribution in [2.75, 3.05) is 0 Å². The smallest absolute Gasteiger partial charge is 0.309 e. The average Bonchev–Trinajstić information content (AvgIpc) is 2.90. The first kappa shape index (κ1) is 18.6. The van der Waals surface area contributed by atoms with Gasteiger partial charge < -0.3 is 9.84 Å². The van der Waals surface area contributed by atoms with Gasteiger partial charge >= 0.3 is 5.92 Å². The molecule has 0 fully saturated rings. The van der Waals surface area contributed by atoms with Crippen molar-refractivity contribution >= 4 is 5.69 Å². The van der Waals surface area contributed by atoms with Gasteiger partial charge in [-0.15, -0.1) is 0 Å².